The van der Waals surface area contributed by atoms with Crippen molar-refractivity contribution < 1.29 is 4.42 Å². The highest BCUT2D eigenvalue weighted by Gasteiger charge is 2.05. The van der Waals surface area contributed by atoms with Gasteiger partial charge in [0.25, 0.3) is 0 Å². The van der Waals surface area contributed by atoms with Gasteiger partial charge in [-0.2, -0.15) is 0 Å². The Morgan fingerprint density at radius 3 is 2.65 bits per heavy atom. The van der Waals surface area contributed by atoms with Gasteiger partial charge in [-0.05, 0) is 23.7 Å². The smallest absolute Gasteiger partial charge is 0.224 e. The predicted molar refractivity (Wildman–Crippen MR) is 78.5 cm³/mol. The molecule has 0 amide bonds. The number of nitrogens with one attached hydrogen (secondary N) is 1. The summed E-state index contributed by atoms with van der Waals surface area (Å²) in [5.74, 6) is 1.50. The van der Waals surface area contributed by atoms with Crippen molar-refractivity contribution in [1.82, 2.24) is 9.97 Å². The van der Waals surface area contributed by atoms with Crippen LogP contribution in [0.1, 0.15) is 5.76 Å². The van der Waals surface area contributed by atoms with Crippen molar-refractivity contribution in [3.8, 4) is 11.3 Å². The summed E-state index contributed by atoms with van der Waals surface area (Å²) >= 11 is 5.97. The number of anilines is 1. The van der Waals surface area contributed by atoms with E-state index in [4.69, 9.17) is 16.0 Å². The zero-order valence-electron chi connectivity index (χ0n) is 10.6. The molecule has 0 saturated carbocycles. The van der Waals surface area contributed by atoms with Crippen molar-refractivity contribution in [3.63, 3.8) is 0 Å². The lowest BCUT2D eigenvalue weighted by Crippen LogP contribution is -2.02. The molecule has 0 unspecified atom stereocenters. The van der Waals surface area contributed by atoms with Gasteiger partial charge < -0.3 is 9.73 Å². The van der Waals surface area contributed by atoms with Gasteiger partial charge in [-0.1, -0.05) is 30.3 Å². The maximum atomic E-state index is 5.97. The van der Waals surface area contributed by atoms with Gasteiger partial charge in [0.1, 0.15) is 11.6 Å². The van der Waals surface area contributed by atoms with Crippen molar-refractivity contribution in [1.29, 1.82) is 0 Å². The van der Waals surface area contributed by atoms with Gasteiger partial charge in [0, 0.05) is 11.6 Å². The van der Waals surface area contributed by atoms with E-state index in [2.05, 4.69) is 15.3 Å². The van der Waals surface area contributed by atoms with Crippen LogP contribution in [0.25, 0.3) is 11.3 Å². The molecule has 100 valence electrons. The van der Waals surface area contributed by atoms with Crippen LogP contribution in [0.5, 0.6) is 0 Å². The number of aromatic nitrogens is 2. The number of nitrogens with zero attached hydrogens (tertiary/aromatic N) is 2. The largest absolute Gasteiger partial charge is 0.467 e. The van der Waals surface area contributed by atoms with Crippen molar-refractivity contribution in [2.75, 3.05) is 5.32 Å². The Balaban J connectivity index is 1.83. The Kier molecular flexibility index (Phi) is 3.65. The van der Waals surface area contributed by atoms with E-state index in [1.54, 1.807) is 6.26 Å². The molecule has 4 nitrogen and oxygen atoms in total. The van der Waals surface area contributed by atoms with Crippen LogP contribution in [0, 0.1) is 0 Å². The quantitative estimate of drug-likeness (QED) is 0.736. The standard InChI is InChI=1S/C15H12ClN3O/c16-15-18-13(11-5-2-1-3-6-11)9-14(19-15)17-10-12-7-4-8-20-12/h1-9H,10H2,(H,17,18,19). The Morgan fingerprint density at radius 2 is 1.90 bits per heavy atom. The molecule has 0 atom stereocenters. The Morgan fingerprint density at radius 1 is 1.05 bits per heavy atom. The van der Waals surface area contributed by atoms with Crippen molar-refractivity contribution in [2.24, 2.45) is 0 Å². The molecule has 20 heavy (non-hydrogen) atoms. The highest BCUT2D eigenvalue weighted by molar-refractivity contribution is 6.28. The van der Waals surface area contributed by atoms with Gasteiger partial charge >= 0.3 is 0 Å². The van der Waals surface area contributed by atoms with E-state index in [1.165, 1.54) is 0 Å². The number of rotatable bonds is 4. The molecular formula is C15H12ClN3O. The molecule has 0 bridgehead atoms. The van der Waals surface area contributed by atoms with Crippen LogP contribution < -0.4 is 5.32 Å². The summed E-state index contributed by atoms with van der Waals surface area (Å²) in [6, 6.07) is 15.5. The SMILES string of the molecule is Clc1nc(NCc2ccco2)cc(-c2ccccc2)n1. The van der Waals surface area contributed by atoms with E-state index in [1.807, 2.05) is 48.5 Å². The third-order valence-corrected chi connectivity index (χ3v) is 2.96. The highest BCUT2D eigenvalue weighted by atomic mass is 35.5. The predicted octanol–water partition coefficient (Wildman–Crippen LogP) is 4.00. The van der Waals surface area contributed by atoms with Gasteiger partial charge in [0.05, 0.1) is 18.5 Å². The maximum absolute atomic E-state index is 5.97. The molecule has 1 aromatic carbocycles. The first-order valence-electron chi connectivity index (χ1n) is 6.17. The summed E-state index contributed by atoms with van der Waals surface area (Å²) in [5, 5.41) is 3.38. The van der Waals surface area contributed by atoms with Crippen LogP contribution in [0.3, 0.4) is 0 Å². The second-order valence-corrected chi connectivity index (χ2v) is 4.54. The first-order chi connectivity index (χ1) is 9.81. The van der Waals surface area contributed by atoms with Gasteiger partial charge in [-0.15, -0.1) is 0 Å². The van der Waals surface area contributed by atoms with Crippen molar-refractivity contribution in [2.45, 2.75) is 6.54 Å². The molecule has 0 aliphatic rings. The summed E-state index contributed by atoms with van der Waals surface area (Å²) in [5.41, 5.74) is 1.78. The van der Waals surface area contributed by atoms with Gasteiger partial charge in [0.2, 0.25) is 5.28 Å². The lowest BCUT2D eigenvalue weighted by Gasteiger charge is -2.07. The van der Waals surface area contributed by atoms with E-state index in [0.717, 1.165) is 17.0 Å². The van der Waals surface area contributed by atoms with Gasteiger partial charge in [-0.25, -0.2) is 9.97 Å². The fourth-order valence-electron chi connectivity index (χ4n) is 1.86. The molecule has 0 saturated heterocycles. The number of benzene rings is 1. The fraction of sp³-hybridized carbons (Fsp3) is 0.0667. The van der Waals surface area contributed by atoms with E-state index in [-0.39, 0.29) is 5.28 Å². The summed E-state index contributed by atoms with van der Waals surface area (Å²) in [6.07, 6.45) is 1.64. The van der Waals surface area contributed by atoms with Gasteiger partial charge in [0.15, 0.2) is 0 Å². The summed E-state index contributed by atoms with van der Waals surface area (Å²) in [4.78, 5) is 8.40. The van der Waals surface area contributed by atoms with Crippen LogP contribution in [-0.2, 0) is 6.54 Å². The summed E-state index contributed by atoms with van der Waals surface area (Å²) in [7, 11) is 0. The number of furan rings is 1. The summed E-state index contributed by atoms with van der Waals surface area (Å²) in [6.45, 7) is 0.550. The second-order valence-electron chi connectivity index (χ2n) is 4.21. The molecule has 0 fully saturated rings. The number of hydrogen-bond donors (Lipinski definition) is 1. The first-order valence-corrected chi connectivity index (χ1v) is 6.55. The molecule has 3 aromatic rings. The van der Waals surface area contributed by atoms with Crippen molar-refractivity contribution in [3.05, 3.63) is 65.8 Å². The monoisotopic (exact) mass is 285 g/mol. The molecule has 0 aliphatic heterocycles. The molecule has 2 heterocycles. The minimum Gasteiger partial charge on any atom is -0.467 e. The Hall–Kier alpha value is -2.33. The zero-order chi connectivity index (χ0) is 13.8. The fourth-order valence-corrected chi connectivity index (χ4v) is 2.04. The number of halogens is 1. The molecule has 0 aliphatic carbocycles. The Bertz CT molecular complexity index is 684. The molecule has 1 N–H and O–H groups in total. The minimum absolute atomic E-state index is 0.216. The molecule has 0 spiro atoms. The van der Waals surface area contributed by atoms with Crippen LogP contribution in [0.15, 0.2) is 59.2 Å². The van der Waals surface area contributed by atoms with E-state index >= 15 is 0 Å². The summed E-state index contributed by atoms with van der Waals surface area (Å²) < 4.78 is 5.26. The normalized spacial score (nSPS) is 10.4. The first kappa shape index (κ1) is 12.7. The topological polar surface area (TPSA) is 51.0 Å². The van der Waals surface area contributed by atoms with E-state index < -0.39 is 0 Å². The van der Waals surface area contributed by atoms with E-state index in [0.29, 0.717) is 12.4 Å². The van der Waals surface area contributed by atoms with Crippen LogP contribution >= 0.6 is 11.6 Å². The third-order valence-electron chi connectivity index (χ3n) is 2.79. The molecular weight excluding hydrogens is 274 g/mol. The lowest BCUT2D eigenvalue weighted by atomic mass is 10.1. The van der Waals surface area contributed by atoms with Crippen LogP contribution in [-0.4, -0.2) is 9.97 Å². The lowest BCUT2D eigenvalue weighted by molar-refractivity contribution is 0.518. The minimum atomic E-state index is 0.216. The highest BCUT2D eigenvalue weighted by Crippen LogP contribution is 2.21. The Labute approximate surface area is 121 Å². The molecule has 0 radical (unpaired) electrons. The third kappa shape index (κ3) is 2.97. The average Bonchev–Trinajstić information content (AvgIpc) is 2.99. The average molecular weight is 286 g/mol. The maximum Gasteiger partial charge on any atom is 0.224 e. The molecule has 2 aromatic heterocycles. The molecule has 5 heteroatoms. The number of hydrogen-bond acceptors (Lipinski definition) is 4. The van der Waals surface area contributed by atoms with Crippen molar-refractivity contribution >= 4 is 17.4 Å². The van der Waals surface area contributed by atoms with E-state index in [9.17, 15) is 0 Å². The van der Waals surface area contributed by atoms with Crippen LogP contribution in [0.2, 0.25) is 5.28 Å². The van der Waals surface area contributed by atoms with Gasteiger partial charge in [-0.3, -0.25) is 0 Å². The van der Waals surface area contributed by atoms with Crippen LogP contribution in [0.4, 0.5) is 5.82 Å². The second kappa shape index (κ2) is 5.75. The molecule has 3 rings (SSSR count). The zero-order valence-corrected chi connectivity index (χ0v) is 11.3.